The molecule has 1 aliphatic rings. The third kappa shape index (κ3) is 2.34. The van der Waals surface area contributed by atoms with Crippen LogP contribution >= 0.6 is 11.6 Å². The van der Waals surface area contributed by atoms with Crippen molar-refractivity contribution in [1.29, 1.82) is 0 Å². The van der Waals surface area contributed by atoms with E-state index in [1.807, 2.05) is 32.0 Å². The number of rotatable bonds is 2. The van der Waals surface area contributed by atoms with Gasteiger partial charge in [-0.05, 0) is 48.7 Å². The molecular formula is C17H14ClNO2. The molecule has 21 heavy (non-hydrogen) atoms. The van der Waals surface area contributed by atoms with Gasteiger partial charge in [0.05, 0.1) is 17.8 Å². The van der Waals surface area contributed by atoms with Crippen molar-refractivity contribution >= 4 is 29.0 Å². The van der Waals surface area contributed by atoms with Gasteiger partial charge in [0.25, 0.3) is 11.7 Å². The maximum absolute atomic E-state index is 12.2. The summed E-state index contributed by atoms with van der Waals surface area (Å²) in [5, 5.41) is 0.515. The van der Waals surface area contributed by atoms with Gasteiger partial charge < -0.3 is 4.90 Å². The fourth-order valence-corrected chi connectivity index (χ4v) is 2.68. The molecule has 3 nitrogen and oxygen atoms in total. The van der Waals surface area contributed by atoms with E-state index >= 15 is 0 Å². The number of Topliss-reactive ketones (excluding diaryl/α,β-unsaturated/α-hetero) is 1. The molecule has 0 N–H and O–H groups in total. The van der Waals surface area contributed by atoms with E-state index in [9.17, 15) is 9.59 Å². The van der Waals surface area contributed by atoms with E-state index in [0.717, 1.165) is 11.1 Å². The number of anilines is 1. The second-order valence-corrected chi connectivity index (χ2v) is 5.74. The van der Waals surface area contributed by atoms with Crippen LogP contribution in [0.15, 0.2) is 36.4 Å². The molecule has 2 aromatic carbocycles. The topological polar surface area (TPSA) is 37.4 Å². The molecule has 1 amide bonds. The van der Waals surface area contributed by atoms with E-state index in [2.05, 4.69) is 0 Å². The lowest BCUT2D eigenvalue weighted by Crippen LogP contribution is -2.29. The maximum Gasteiger partial charge on any atom is 0.299 e. The fraction of sp³-hybridized carbons (Fsp3) is 0.176. The first-order valence-electron chi connectivity index (χ1n) is 6.69. The minimum Gasteiger partial charge on any atom is -0.300 e. The van der Waals surface area contributed by atoms with Crippen LogP contribution in [-0.2, 0) is 11.3 Å². The minimum atomic E-state index is -0.495. The van der Waals surface area contributed by atoms with Gasteiger partial charge in [-0.2, -0.15) is 0 Å². The number of aryl methyl sites for hydroxylation is 2. The Labute approximate surface area is 128 Å². The second kappa shape index (κ2) is 5.01. The van der Waals surface area contributed by atoms with E-state index in [1.165, 1.54) is 10.5 Å². The SMILES string of the molecule is Cc1ccc(CN2C(=O)C(=O)c3ccc(Cl)cc32)cc1C. The van der Waals surface area contributed by atoms with Crippen LogP contribution in [0.2, 0.25) is 5.02 Å². The highest BCUT2D eigenvalue weighted by molar-refractivity contribution is 6.52. The van der Waals surface area contributed by atoms with Crippen LogP contribution in [0.1, 0.15) is 27.0 Å². The molecule has 0 aromatic heterocycles. The average molecular weight is 300 g/mol. The standard InChI is InChI=1S/C17H14ClNO2/c1-10-3-4-12(7-11(10)2)9-19-15-8-13(18)5-6-14(15)16(20)17(19)21/h3-8H,9H2,1-2H3. The van der Waals surface area contributed by atoms with E-state index in [0.29, 0.717) is 22.8 Å². The van der Waals surface area contributed by atoms with E-state index < -0.39 is 11.7 Å². The Morgan fingerprint density at radius 1 is 1.00 bits per heavy atom. The molecule has 0 bridgehead atoms. The Kier molecular flexibility index (Phi) is 3.30. The number of hydrogen-bond acceptors (Lipinski definition) is 2. The van der Waals surface area contributed by atoms with Gasteiger partial charge in [-0.3, -0.25) is 9.59 Å². The monoisotopic (exact) mass is 299 g/mol. The van der Waals surface area contributed by atoms with Crippen LogP contribution in [0.25, 0.3) is 0 Å². The lowest BCUT2D eigenvalue weighted by atomic mass is 10.1. The second-order valence-electron chi connectivity index (χ2n) is 5.30. The summed E-state index contributed by atoms with van der Waals surface area (Å²) in [5.74, 6) is -0.962. The minimum absolute atomic E-state index is 0.374. The number of carbonyl (C=O) groups is 2. The lowest BCUT2D eigenvalue weighted by molar-refractivity contribution is -0.114. The molecule has 0 aliphatic carbocycles. The first kappa shape index (κ1) is 13.8. The van der Waals surface area contributed by atoms with Crippen molar-refractivity contribution in [3.8, 4) is 0 Å². The average Bonchev–Trinajstić information content (AvgIpc) is 2.68. The Bertz CT molecular complexity index is 767. The van der Waals surface area contributed by atoms with Crippen molar-refractivity contribution in [2.24, 2.45) is 0 Å². The van der Waals surface area contributed by atoms with Crippen molar-refractivity contribution in [2.45, 2.75) is 20.4 Å². The lowest BCUT2D eigenvalue weighted by Gasteiger charge is -2.17. The van der Waals surface area contributed by atoms with Gasteiger partial charge in [0.15, 0.2) is 0 Å². The molecule has 1 heterocycles. The first-order valence-corrected chi connectivity index (χ1v) is 7.07. The molecule has 1 aliphatic heterocycles. The highest BCUT2D eigenvalue weighted by Gasteiger charge is 2.35. The van der Waals surface area contributed by atoms with Crippen LogP contribution in [0.4, 0.5) is 5.69 Å². The van der Waals surface area contributed by atoms with Crippen LogP contribution in [-0.4, -0.2) is 11.7 Å². The molecule has 0 fully saturated rings. The molecule has 3 rings (SSSR count). The zero-order chi connectivity index (χ0) is 15.1. The van der Waals surface area contributed by atoms with Gasteiger partial charge in [0.1, 0.15) is 0 Å². The molecule has 0 spiro atoms. The number of fused-ring (bicyclic) bond motifs is 1. The molecule has 0 saturated carbocycles. The highest BCUT2D eigenvalue weighted by atomic mass is 35.5. The summed E-state index contributed by atoms with van der Waals surface area (Å²) in [6, 6.07) is 10.9. The summed E-state index contributed by atoms with van der Waals surface area (Å²) < 4.78 is 0. The van der Waals surface area contributed by atoms with Gasteiger partial charge in [-0.1, -0.05) is 29.8 Å². The van der Waals surface area contributed by atoms with Crippen molar-refractivity contribution < 1.29 is 9.59 Å². The van der Waals surface area contributed by atoms with Gasteiger partial charge in [0, 0.05) is 5.02 Å². The Morgan fingerprint density at radius 3 is 2.48 bits per heavy atom. The van der Waals surface area contributed by atoms with Gasteiger partial charge in [0.2, 0.25) is 0 Å². The number of hydrogen-bond donors (Lipinski definition) is 0. The van der Waals surface area contributed by atoms with Crippen LogP contribution in [0.5, 0.6) is 0 Å². The van der Waals surface area contributed by atoms with E-state index in [-0.39, 0.29) is 0 Å². The van der Waals surface area contributed by atoms with Gasteiger partial charge >= 0.3 is 0 Å². The molecule has 0 atom stereocenters. The molecule has 0 saturated heterocycles. The largest absolute Gasteiger partial charge is 0.300 e. The highest BCUT2D eigenvalue weighted by Crippen LogP contribution is 2.32. The molecular weight excluding hydrogens is 286 g/mol. The number of amides is 1. The Morgan fingerprint density at radius 2 is 1.76 bits per heavy atom. The number of nitrogens with zero attached hydrogens (tertiary/aromatic N) is 1. The summed E-state index contributed by atoms with van der Waals surface area (Å²) in [6.07, 6.45) is 0. The fourth-order valence-electron chi connectivity index (χ4n) is 2.51. The zero-order valence-electron chi connectivity index (χ0n) is 11.8. The zero-order valence-corrected chi connectivity index (χ0v) is 12.6. The number of benzene rings is 2. The molecule has 4 heteroatoms. The predicted octanol–water partition coefficient (Wildman–Crippen LogP) is 3.69. The van der Waals surface area contributed by atoms with Crippen molar-refractivity contribution in [3.05, 3.63) is 63.7 Å². The summed E-state index contributed by atoms with van der Waals surface area (Å²) in [7, 11) is 0. The molecule has 0 unspecified atom stereocenters. The van der Waals surface area contributed by atoms with Crippen LogP contribution < -0.4 is 4.90 Å². The van der Waals surface area contributed by atoms with Gasteiger partial charge in [-0.25, -0.2) is 0 Å². The molecule has 2 aromatic rings. The number of carbonyl (C=O) groups excluding carboxylic acids is 2. The smallest absolute Gasteiger partial charge is 0.299 e. The Hall–Kier alpha value is -2.13. The quantitative estimate of drug-likeness (QED) is 0.793. The normalized spacial score (nSPS) is 13.8. The summed E-state index contributed by atoms with van der Waals surface area (Å²) in [4.78, 5) is 25.7. The predicted molar refractivity (Wildman–Crippen MR) is 82.9 cm³/mol. The third-order valence-electron chi connectivity index (χ3n) is 3.85. The van der Waals surface area contributed by atoms with Crippen molar-refractivity contribution in [3.63, 3.8) is 0 Å². The summed E-state index contributed by atoms with van der Waals surface area (Å²) in [6.45, 7) is 4.44. The molecule has 106 valence electrons. The van der Waals surface area contributed by atoms with Crippen molar-refractivity contribution in [1.82, 2.24) is 0 Å². The van der Waals surface area contributed by atoms with Crippen molar-refractivity contribution in [2.75, 3.05) is 4.90 Å². The van der Waals surface area contributed by atoms with Crippen LogP contribution in [0, 0.1) is 13.8 Å². The summed E-state index contributed by atoms with van der Waals surface area (Å²) in [5.41, 5.74) is 4.37. The maximum atomic E-state index is 12.2. The Balaban J connectivity index is 1.99. The van der Waals surface area contributed by atoms with E-state index in [1.54, 1.807) is 18.2 Å². The first-order chi connectivity index (χ1) is 9.97. The van der Waals surface area contributed by atoms with Crippen LogP contribution in [0.3, 0.4) is 0 Å². The van der Waals surface area contributed by atoms with E-state index in [4.69, 9.17) is 11.6 Å². The van der Waals surface area contributed by atoms with Gasteiger partial charge in [-0.15, -0.1) is 0 Å². The number of halogens is 1. The summed E-state index contributed by atoms with van der Waals surface area (Å²) >= 11 is 5.98. The molecule has 0 radical (unpaired) electrons. The number of ketones is 1. The third-order valence-corrected chi connectivity index (χ3v) is 4.08.